The number of nitriles is 1. The molecule has 2 aromatic carbocycles. The largest absolute Gasteiger partial charge is 0.310 e. The summed E-state index contributed by atoms with van der Waals surface area (Å²) in [5.41, 5.74) is 2.94. The van der Waals surface area contributed by atoms with Crippen LogP contribution in [0.1, 0.15) is 71.7 Å². The number of thiol groups is 1. The maximum absolute atomic E-state index is 9.05. The van der Waals surface area contributed by atoms with Crippen LogP contribution in [0.2, 0.25) is 0 Å². The van der Waals surface area contributed by atoms with E-state index in [9.17, 15) is 0 Å². The summed E-state index contributed by atoms with van der Waals surface area (Å²) in [5, 5.41) is 18.0. The van der Waals surface area contributed by atoms with Crippen molar-refractivity contribution in [2.75, 3.05) is 0 Å². The highest BCUT2D eigenvalue weighted by Gasteiger charge is 2.26. The second-order valence-electron chi connectivity index (χ2n) is 7.43. The molecule has 1 aromatic heterocycles. The molecule has 1 aliphatic carbocycles. The first-order valence-corrected chi connectivity index (χ1v) is 10.4. The second-order valence-corrected chi connectivity index (χ2v) is 7.95. The highest BCUT2D eigenvalue weighted by atomic mass is 32.1. The van der Waals surface area contributed by atoms with Crippen LogP contribution in [0.25, 0.3) is 0 Å². The predicted octanol–water partition coefficient (Wildman–Crippen LogP) is 5.26. The van der Waals surface area contributed by atoms with Crippen LogP contribution < -0.4 is 0 Å². The van der Waals surface area contributed by atoms with E-state index in [0.29, 0.717) is 11.6 Å². The van der Waals surface area contributed by atoms with Crippen molar-refractivity contribution in [1.29, 1.82) is 5.26 Å². The van der Waals surface area contributed by atoms with Crippen LogP contribution in [0.5, 0.6) is 0 Å². The minimum Gasteiger partial charge on any atom is -0.310 e. The SMILES string of the molecule is N#Cc1ccc(C(S)c2nnc(Cc3ccccc3)n2C2CCCCC2)cc1. The van der Waals surface area contributed by atoms with Crippen LogP contribution in [0.3, 0.4) is 0 Å². The molecule has 1 atom stereocenters. The maximum Gasteiger partial charge on any atom is 0.150 e. The molecule has 5 heteroatoms. The summed E-state index contributed by atoms with van der Waals surface area (Å²) >= 11 is 4.90. The fourth-order valence-electron chi connectivity index (χ4n) is 4.05. The van der Waals surface area contributed by atoms with Gasteiger partial charge in [0.25, 0.3) is 0 Å². The van der Waals surface area contributed by atoms with E-state index in [1.54, 1.807) is 0 Å². The predicted molar refractivity (Wildman–Crippen MR) is 113 cm³/mol. The van der Waals surface area contributed by atoms with Crippen molar-refractivity contribution in [3.63, 3.8) is 0 Å². The Morgan fingerprint density at radius 1 is 1.00 bits per heavy atom. The average Bonchev–Trinajstić information content (AvgIpc) is 3.18. The van der Waals surface area contributed by atoms with Crippen molar-refractivity contribution >= 4 is 12.6 Å². The molecule has 1 saturated carbocycles. The van der Waals surface area contributed by atoms with E-state index in [0.717, 1.165) is 23.6 Å². The Hall–Kier alpha value is -2.58. The molecule has 1 fully saturated rings. The van der Waals surface area contributed by atoms with Crippen LogP contribution in [0.15, 0.2) is 54.6 Å². The lowest BCUT2D eigenvalue weighted by molar-refractivity contribution is 0.340. The molecule has 1 aliphatic rings. The van der Waals surface area contributed by atoms with Gasteiger partial charge in [-0.3, -0.25) is 0 Å². The molecule has 0 saturated heterocycles. The lowest BCUT2D eigenvalue weighted by Gasteiger charge is -2.27. The minimum absolute atomic E-state index is 0.160. The third-order valence-corrected chi connectivity index (χ3v) is 6.07. The zero-order valence-corrected chi connectivity index (χ0v) is 16.7. The highest BCUT2D eigenvalue weighted by molar-refractivity contribution is 7.80. The Labute approximate surface area is 171 Å². The molecule has 4 nitrogen and oxygen atoms in total. The molecule has 3 aromatic rings. The number of benzene rings is 2. The van der Waals surface area contributed by atoms with E-state index in [4.69, 9.17) is 17.9 Å². The summed E-state index contributed by atoms with van der Waals surface area (Å²) in [7, 11) is 0. The Morgan fingerprint density at radius 3 is 2.39 bits per heavy atom. The Morgan fingerprint density at radius 2 is 1.71 bits per heavy atom. The first-order valence-electron chi connectivity index (χ1n) is 9.92. The van der Waals surface area contributed by atoms with Crippen molar-refractivity contribution in [2.45, 2.75) is 49.8 Å². The normalized spacial score (nSPS) is 15.9. The van der Waals surface area contributed by atoms with Crippen LogP contribution in [-0.4, -0.2) is 14.8 Å². The number of rotatable bonds is 5. The van der Waals surface area contributed by atoms with Gasteiger partial charge in [-0.25, -0.2) is 0 Å². The van der Waals surface area contributed by atoms with Gasteiger partial charge in [0, 0.05) is 12.5 Å². The van der Waals surface area contributed by atoms with Crippen LogP contribution in [0, 0.1) is 11.3 Å². The molecule has 1 unspecified atom stereocenters. The van der Waals surface area contributed by atoms with Gasteiger partial charge in [0.15, 0.2) is 5.82 Å². The number of hydrogen-bond acceptors (Lipinski definition) is 4. The Balaban J connectivity index is 1.70. The molecule has 28 heavy (non-hydrogen) atoms. The maximum atomic E-state index is 9.05. The van der Waals surface area contributed by atoms with Gasteiger partial charge in [-0.2, -0.15) is 17.9 Å². The summed E-state index contributed by atoms with van der Waals surface area (Å²) < 4.78 is 2.35. The Kier molecular flexibility index (Phi) is 5.78. The zero-order chi connectivity index (χ0) is 19.3. The van der Waals surface area contributed by atoms with Gasteiger partial charge >= 0.3 is 0 Å². The molecule has 4 rings (SSSR count). The average molecular weight is 389 g/mol. The van der Waals surface area contributed by atoms with E-state index in [1.165, 1.54) is 37.7 Å². The molecule has 0 amide bonds. The van der Waals surface area contributed by atoms with Gasteiger partial charge in [-0.1, -0.05) is 61.7 Å². The van der Waals surface area contributed by atoms with Crippen LogP contribution >= 0.6 is 12.6 Å². The third kappa shape index (κ3) is 3.98. The second kappa shape index (κ2) is 8.62. The first-order chi connectivity index (χ1) is 13.8. The van der Waals surface area contributed by atoms with Gasteiger partial charge in [-0.05, 0) is 36.1 Å². The fourth-order valence-corrected chi connectivity index (χ4v) is 4.40. The van der Waals surface area contributed by atoms with Crippen molar-refractivity contribution in [1.82, 2.24) is 14.8 Å². The van der Waals surface area contributed by atoms with Crippen molar-refractivity contribution in [3.05, 3.63) is 82.9 Å². The number of aromatic nitrogens is 3. The van der Waals surface area contributed by atoms with Crippen molar-refractivity contribution in [3.8, 4) is 6.07 Å². The van der Waals surface area contributed by atoms with E-state index in [-0.39, 0.29) is 5.25 Å². The number of nitrogens with zero attached hydrogens (tertiary/aromatic N) is 4. The topological polar surface area (TPSA) is 54.5 Å². The van der Waals surface area contributed by atoms with Gasteiger partial charge in [0.2, 0.25) is 0 Å². The quantitative estimate of drug-likeness (QED) is 0.606. The van der Waals surface area contributed by atoms with Gasteiger partial charge in [0.05, 0.1) is 16.9 Å². The molecule has 0 spiro atoms. The molecule has 1 heterocycles. The van der Waals surface area contributed by atoms with Gasteiger partial charge < -0.3 is 4.57 Å². The van der Waals surface area contributed by atoms with Gasteiger partial charge in [-0.15, -0.1) is 10.2 Å². The molecular weight excluding hydrogens is 364 g/mol. The minimum atomic E-state index is -0.160. The first kappa shape index (κ1) is 18.8. The summed E-state index contributed by atoms with van der Waals surface area (Å²) in [6.07, 6.45) is 6.92. The van der Waals surface area contributed by atoms with E-state index in [2.05, 4.69) is 45.1 Å². The molecule has 0 radical (unpaired) electrons. The molecule has 0 N–H and O–H groups in total. The summed E-state index contributed by atoms with van der Waals surface area (Å²) in [5.74, 6) is 1.92. The van der Waals surface area contributed by atoms with Crippen molar-refractivity contribution in [2.24, 2.45) is 0 Å². The zero-order valence-electron chi connectivity index (χ0n) is 15.8. The molecular formula is C23H24N4S. The Bertz CT molecular complexity index is 951. The molecule has 0 aliphatic heterocycles. The molecule has 0 bridgehead atoms. The highest BCUT2D eigenvalue weighted by Crippen LogP contribution is 2.35. The summed E-state index contributed by atoms with van der Waals surface area (Å²) in [6.45, 7) is 0. The lowest BCUT2D eigenvalue weighted by Crippen LogP contribution is -2.19. The van der Waals surface area contributed by atoms with Crippen LogP contribution in [-0.2, 0) is 6.42 Å². The van der Waals surface area contributed by atoms with E-state index in [1.807, 2.05) is 30.3 Å². The fraction of sp³-hybridized carbons (Fsp3) is 0.348. The third-order valence-electron chi connectivity index (χ3n) is 5.54. The summed E-state index contributed by atoms with van der Waals surface area (Å²) in [6, 6.07) is 20.7. The van der Waals surface area contributed by atoms with Crippen LogP contribution in [0.4, 0.5) is 0 Å². The van der Waals surface area contributed by atoms with Gasteiger partial charge in [0.1, 0.15) is 5.82 Å². The van der Waals surface area contributed by atoms with E-state index >= 15 is 0 Å². The van der Waals surface area contributed by atoms with Crippen molar-refractivity contribution < 1.29 is 0 Å². The van der Waals surface area contributed by atoms with E-state index < -0.39 is 0 Å². The summed E-state index contributed by atoms with van der Waals surface area (Å²) in [4.78, 5) is 0. The standard InChI is InChI=1S/C23H24N4S/c24-16-18-11-13-19(14-12-18)22(28)23-26-25-21(15-17-7-3-1-4-8-17)27(23)20-9-5-2-6-10-20/h1,3-4,7-8,11-14,20,22,28H,2,5-6,9-10,15H2. The molecule has 142 valence electrons. The smallest absolute Gasteiger partial charge is 0.150 e. The number of hydrogen-bond donors (Lipinski definition) is 1. The monoisotopic (exact) mass is 388 g/mol. The lowest BCUT2D eigenvalue weighted by atomic mass is 9.94.